The van der Waals surface area contributed by atoms with Crippen molar-refractivity contribution in [1.82, 2.24) is 14.8 Å². The number of piperidine rings is 2. The Hall–Kier alpha value is -2.34. The number of benzene rings is 1. The normalized spacial score (nSPS) is 19.3. The van der Waals surface area contributed by atoms with Gasteiger partial charge in [-0.1, -0.05) is 18.2 Å². The molecule has 2 aliphatic rings. The number of rotatable bonds is 5. The van der Waals surface area contributed by atoms with Gasteiger partial charge in [0.25, 0.3) is 0 Å². The molecule has 2 fully saturated rings. The first kappa shape index (κ1) is 20.9. The number of aryl methyl sites for hydroxylation is 1. The first-order chi connectivity index (χ1) is 14.6. The summed E-state index contributed by atoms with van der Waals surface area (Å²) < 4.78 is 5.12. The largest absolute Gasteiger partial charge is 0.466 e. The van der Waals surface area contributed by atoms with Crippen molar-refractivity contribution in [2.45, 2.75) is 45.4 Å². The van der Waals surface area contributed by atoms with E-state index in [2.05, 4.69) is 41.1 Å². The molecule has 0 radical (unpaired) electrons. The zero-order valence-corrected chi connectivity index (χ0v) is 18.2. The van der Waals surface area contributed by atoms with E-state index in [1.807, 2.05) is 11.8 Å². The van der Waals surface area contributed by atoms with Gasteiger partial charge in [0.1, 0.15) is 0 Å². The molecule has 3 heterocycles. The zero-order valence-electron chi connectivity index (χ0n) is 18.2. The Morgan fingerprint density at radius 1 is 1.07 bits per heavy atom. The summed E-state index contributed by atoms with van der Waals surface area (Å²) in [5.74, 6) is 0.579. The highest BCUT2D eigenvalue weighted by molar-refractivity contribution is 5.85. The number of nitrogens with zero attached hydrogens (tertiary/aromatic N) is 2. The first-order valence-electron chi connectivity index (χ1n) is 11.3. The second-order valence-electron chi connectivity index (χ2n) is 8.67. The Labute approximate surface area is 178 Å². The molecule has 2 aromatic rings. The molecule has 1 amide bonds. The fraction of sp³-hybridized carbons (Fsp3) is 0.583. The van der Waals surface area contributed by atoms with E-state index >= 15 is 0 Å². The number of hydrogen-bond acceptors (Lipinski definition) is 4. The predicted octanol–water partition coefficient (Wildman–Crippen LogP) is 3.46. The molecule has 30 heavy (non-hydrogen) atoms. The lowest BCUT2D eigenvalue weighted by Crippen LogP contribution is -2.46. The van der Waals surface area contributed by atoms with Gasteiger partial charge in [-0.2, -0.15) is 0 Å². The minimum atomic E-state index is -0.112. The number of H-pyrrole nitrogens is 1. The molecular formula is C24H33N3O3. The van der Waals surface area contributed by atoms with E-state index in [0.29, 0.717) is 45.0 Å². The molecule has 2 saturated heterocycles. The van der Waals surface area contributed by atoms with Crippen molar-refractivity contribution in [1.29, 1.82) is 0 Å². The number of para-hydroxylation sites is 1. The van der Waals surface area contributed by atoms with Crippen LogP contribution in [0.15, 0.2) is 24.3 Å². The Balaban J connectivity index is 1.27. The van der Waals surface area contributed by atoms with Crippen LogP contribution in [0.4, 0.5) is 0 Å². The van der Waals surface area contributed by atoms with Gasteiger partial charge in [0.05, 0.1) is 19.1 Å². The molecule has 4 rings (SSSR count). The highest BCUT2D eigenvalue weighted by atomic mass is 16.5. The van der Waals surface area contributed by atoms with E-state index in [-0.39, 0.29) is 17.8 Å². The van der Waals surface area contributed by atoms with Crippen LogP contribution in [0, 0.1) is 12.8 Å². The van der Waals surface area contributed by atoms with Crippen molar-refractivity contribution in [2.24, 2.45) is 5.92 Å². The Morgan fingerprint density at radius 3 is 2.47 bits per heavy atom. The number of esters is 1. The number of likely N-dealkylation sites (tertiary alicyclic amines) is 2. The number of nitrogens with one attached hydrogen (secondary N) is 1. The lowest BCUT2D eigenvalue weighted by Gasteiger charge is -2.35. The van der Waals surface area contributed by atoms with Crippen molar-refractivity contribution in [2.75, 3.05) is 39.3 Å². The Morgan fingerprint density at radius 2 is 1.77 bits per heavy atom. The molecule has 6 heteroatoms. The highest BCUT2D eigenvalue weighted by Gasteiger charge is 2.30. The SMILES string of the molecule is CCOC(=O)C1CCN(C(=O)CN2CCC(c3c(C)[nH]c4ccccc34)CC2)CC1. The average Bonchev–Trinajstić information content (AvgIpc) is 3.10. The lowest BCUT2D eigenvalue weighted by atomic mass is 9.87. The van der Waals surface area contributed by atoms with Crippen molar-refractivity contribution in [3.63, 3.8) is 0 Å². The maximum absolute atomic E-state index is 12.8. The third kappa shape index (κ3) is 4.38. The maximum atomic E-state index is 12.8. The van der Waals surface area contributed by atoms with Gasteiger partial charge in [-0.05, 0) is 70.2 Å². The number of hydrogen-bond donors (Lipinski definition) is 1. The maximum Gasteiger partial charge on any atom is 0.309 e. The zero-order chi connectivity index (χ0) is 21.1. The molecule has 0 unspecified atom stereocenters. The topological polar surface area (TPSA) is 65.6 Å². The van der Waals surface area contributed by atoms with Gasteiger partial charge in [0.15, 0.2) is 0 Å². The number of carbonyl (C=O) groups is 2. The van der Waals surface area contributed by atoms with Crippen LogP contribution in [-0.2, 0) is 14.3 Å². The smallest absolute Gasteiger partial charge is 0.309 e. The second kappa shape index (κ2) is 9.21. The third-order valence-corrected chi connectivity index (χ3v) is 6.77. The average molecular weight is 412 g/mol. The molecule has 0 saturated carbocycles. The van der Waals surface area contributed by atoms with Crippen molar-refractivity contribution in [3.05, 3.63) is 35.5 Å². The van der Waals surface area contributed by atoms with Crippen LogP contribution in [0.25, 0.3) is 10.9 Å². The summed E-state index contributed by atoms with van der Waals surface area (Å²) in [7, 11) is 0. The van der Waals surface area contributed by atoms with Crippen molar-refractivity contribution in [3.8, 4) is 0 Å². The molecule has 0 atom stereocenters. The van der Waals surface area contributed by atoms with Gasteiger partial charge < -0.3 is 14.6 Å². The summed E-state index contributed by atoms with van der Waals surface area (Å²) in [6, 6.07) is 8.54. The van der Waals surface area contributed by atoms with Gasteiger partial charge in [-0.3, -0.25) is 14.5 Å². The summed E-state index contributed by atoms with van der Waals surface area (Å²) in [6.45, 7) is 8.14. The second-order valence-corrected chi connectivity index (χ2v) is 8.67. The molecule has 6 nitrogen and oxygen atoms in total. The molecule has 0 bridgehead atoms. The van der Waals surface area contributed by atoms with Crippen LogP contribution >= 0.6 is 0 Å². The van der Waals surface area contributed by atoms with Gasteiger partial charge in [-0.15, -0.1) is 0 Å². The van der Waals surface area contributed by atoms with Gasteiger partial charge in [-0.25, -0.2) is 0 Å². The number of amides is 1. The molecular weight excluding hydrogens is 378 g/mol. The summed E-state index contributed by atoms with van der Waals surface area (Å²) in [5.41, 5.74) is 3.95. The fourth-order valence-corrected chi connectivity index (χ4v) is 5.12. The van der Waals surface area contributed by atoms with Crippen molar-refractivity contribution >= 4 is 22.8 Å². The fourth-order valence-electron chi connectivity index (χ4n) is 5.12. The van der Waals surface area contributed by atoms with Crippen LogP contribution in [0.2, 0.25) is 0 Å². The molecule has 1 aromatic heterocycles. The van der Waals surface area contributed by atoms with Crippen LogP contribution in [0.1, 0.15) is 49.8 Å². The van der Waals surface area contributed by atoms with E-state index in [9.17, 15) is 9.59 Å². The Kier molecular flexibility index (Phi) is 6.42. The van der Waals surface area contributed by atoms with Crippen LogP contribution in [-0.4, -0.2) is 66.0 Å². The monoisotopic (exact) mass is 411 g/mol. The highest BCUT2D eigenvalue weighted by Crippen LogP contribution is 2.35. The van der Waals surface area contributed by atoms with Crippen molar-refractivity contribution < 1.29 is 14.3 Å². The van der Waals surface area contributed by atoms with E-state index in [1.54, 1.807) is 0 Å². The van der Waals surface area contributed by atoms with Crippen LogP contribution in [0.3, 0.4) is 0 Å². The van der Waals surface area contributed by atoms with E-state index in [4.69, 9.17) is 4.74 Å². The lowest BCUT2D eigenvalue weighted by molar-refractivity contribution is -0.151. The quantitative estimate of drug-likeness (QED) is 0.766. The van der Waals surface area contributed by atoms with E-state index < -0.39 is 0 Å². The third-order valence-electron chi connectivity index (χ3n) is 6.77. The number of aromatic nitrogens is 1. The molecule has 0 spiro atoms. The standard InChI is InChI=1S/C24H33N3O3/c1-3-30-24(29)19-10-14-27(15-11-19)22(28)16-26-12-8-18(9-13-26)23-17(2)25-21-7-5-4-6-20(21)23/h4-7,18-19,25H,3,8-16H2,1-2H3. The molecule has 1 aromatic carbocycles. The molecule has 2 aliphatic heterocycles. The summed E-state index contributed by atoms with van der Waals surface area (Å²) in [6.07, 6.45) is 3.60. The minimum Gasteiger partial charge on any atom is -0.466 e. The van der Waals surface area contributed by atoms with Gasteiger partial charge >= 0.3 is 5.97 Å². The number of fused-ring (bicyclic) bond motifs is 1. The van der Waals surface area contributed by atoms with E-state index in [1.165, 1.54) is 22.2 Å². The molecule has 162 valence electrons. The van der Waals surface area contributed by atoms with E-state index in [0.717, 1.165) is 25.9 Å². The predicted molar refractivity (Wildman–Crippen MR) is 117 cm³/mol. The van der Waals surface area contributed by atoms with Crippen LogP contribution in [0.5, 0.6) is 0 Å². The van der Waals surface area contributed by atoms with Gasteiger partial charge in [0, 0.05) is 29.7 Å². The number of carbonyl (C=O) groups excluding carboxylic acids is 2. The molecule has 1 N–H and O–H groups in total. The summed E-state index contributed by atoms with van der Waals surface area (Å²) in [5, 5.41) is 1.34. The number of aromatic amines is 1. The number of ether oxygens (including phenoxy) is 1. The van der Waals surface area contributed by atoms with Gasteiger partial charge in [0.2, 0.25) is 5.91 Å². The summed E-state index contributed by atoms with van der Waals surface area (Å²) in [4.78, 5) is 32.4. The van der Waals surface area contributed by atoms with Crippen LogP contribution < -0.4 is 0 Å². The first-order valence-corrected chi connectivity index (χ1v) is 11.3. The molecule has 0 aliphatic carbocycles. The summed E-state index contributed by atoms with van der Waals surface area (Å²) >= 11 is 0. The minimum absolute atomic E-state index is 0.0517. The Bertz CT molecular complexity index is 890.